The van der Waals surface area contributed by atoms with Crippen molar-refractivity contribution in [1.29, 1.82) is 0 Å². The molecule has 2 nitrogen and oxygen atoms in total. The first-order valence-electron chi connectivity index (χ1n) is 17.2. The number of aromatic nitrogens is 1. The molecule has 1 aliphatic heterocycles. The van der Waals surface area contributed by atoms with Gasteiger partial charge in [0, 0.05) is 37.0 Å². The third kappa shape index (κ3) is 3.22. The number of nitrogens with zero attached hydrogens (tertiary/aromatic N) is 1. The fourth-order valence-electron chi connectivity index (χ4n) is 9.31. The molecule has 0 saturated heterocycles. The molecule has 0 fully saturated rings. The summed E-state index contributed by atoms with van der Waals surface area (Å²) in [5.74, 6) is 0. The van der Waals surface area contributed by atoms with Gasteiger partial charge in [0.1, 0.15) is 11.2 Å². The molecule has 0 unspecified atom stereocenters. The highest BCUT2D eigenvalue weighted by molar-refractivity contribution is 7.99. The van der Waals surface area contributed by atoms with Gasteiger partial charge in [-0.05, 0) is 86.6 Å². The number of benzene rings is 8. The quantitative estimate of drug-likeness (QED) is 0.175. The Labute approximate surface area is 292 Å². The Bertz CT molecular complexity index is 3040. The maximum Gasteiger partial charge on any atom is 0.135 e. The predicted octanol–water partition coefficient (Wildman–Crippen LogP) is 12.7. The van der Waals surface area contributed by atoms with Crippen LogP contribution in [-0.2, 0) is 5.41 Å². The maximum absolute atomic E-state index is 6.26. The molecule has 2 aromatic heterocycles. The van der Waals surface area contributed by atoms with Gasteiger partial charge in [-0.15, -0.1) is 0 Å². The monoisotopic (exact) mass is 653 g/mol. The Morgan fingerprint density at radius 2 is 1.10 bits per heavy atom. The van der Waals surface area contributed by atoms with Crippen LogP contribution in [0.25, 0.3) is 71.3 Å². The molecule has 3 heteroatoms. The van der Waals surface area contributed by atoms with Crippen LogP contribution in [0.2, 0.25) is 0 Å². The molecule has 1 aliphatic carbocycles. The highest BCUT2D eigenvalue weighted by Gasteiger charge is 2.50. The second kappa shape index (κ2) is 9.56. The van der Waals surface area contributed by atoms with Crippen LogP contribution in [-0.4, -0.2) is 4.57 Å². The summed E-state index contributed by atoms with van der Waals surface area (Å²) in [6.45, 7) is 0. The highest BCUT2D eigenvalue weighted by Crippen LogP contribution is 2.63. The number of hydrogen-bond acceptors (Lipinski definition) is 2. The van der Waals surface area contributed by atoms with Gasteiger partial charge in [0.15, 0.2) is 0 Å². The van der Waals surface area contributed by atoms with E-state index in [1.165, 1.54) is 75.7 Å². The van der Waals surface area contributed by atoms with E-state index in [0.29, 0.717) is 0 Å². The second-order valence-corrected chi connectivity index (χ2v) is 14.6. The first-order chi connectivity index (χ1) is 24.8. The molecule has 10 aromatic rings. The van der Waals surface area contributed by atoms with E-state index in [9.17, 15) is 0 Å². The van der Waals surface area contributed by atoms with E-state index in [4.69, 9.17) is 4.42 Å². The van der Waals surface area contributed by atoms with Gasteiger partial charge in [-0.1, -0.05) is 133 Å². The summed E-state index contributed by atoms with van der Waals surface area (Å²) in [4.78, 5) is 2.65. The molecule has 1 spiro atoms. The summed E-state index contributed by atoms with van der Waals surface area (Å²) >= 11 is 1.93. The van der Waals surface area contributed by atoms with Crippen molar-refractivity contribution in [3.63, 3.8) is 0 Å². The Kier molecular flexibility index (Phi) is 5.14. The molecular formula is C47H27NOS. The number of fused-ring (bicyclic) bond motifs is 18. The standard InChI is InChI=1S/C47H27NOS/c1-2-12-30-28(11-1)21-24-39-44(30)45-40(48(39)29-22-26-42-34(27-29)33-15-5-9-19-41(33)49-42)25-23-38-46(45)50-43-20-10-8-18-37(43)47(38)35-16-6-3-13-31(35)32-14-4-7-17-36(32)47/h1-27H. The summed E-state index contributed by atoms with van der Waals surface area (Å²) in [6, 6.07) is 60.5. The van der Waals surface area contributed by atoms with Crippen LogP contribution in [0.15, 0.2) is 178 Å². The number of hydrogen-bond donors (Lipinski definition) is 0. The minimum atomic E-state index is -0.424. The highest BCUT2D eigenvalue weighted by atomic mass is 32.2. The summed E-state index contributed by atoms with van der Waals surface area (Å²) in [5.41, 5.74) is 13.0. The van der Waals surface area contributed by atoms with Crippen molar-refractivity contribution in [3.8, 4) is 16.8 Å². The molecule has 0 atom stereocenters. The molecule has 0 N–H and O–H groups in total. The lowest BCUT2D eigenvalue weighted by molar-refractivity contribution is 0.669. The molecule has 8 aromatic carbocycles. The van der Waals surface area contributed by atoms with Crippen LogP contribution < -0.4 is 0 Å². The SMILES string of the molecule is c1ccc2c(c1)Sc1c(ccc3c1c1c4ccccc4ccc1n3-c1ccc3oc4ccccc4c3c1)C21c2ccccc2-c2ccccc21. The van der Waals surface area contributed by atoms with Gasteiger partial charge in [0.2, 0.25) is 0 Å². The van der Waals surface area contributed by atoms with E-state index in [-0.39, 0.29) is 0 Å². The Morgan fingerprint density at radius 3 is 1.94 bits per heavy atom. The first kappa shape index (κ1) is 26.9. The molecule has 0 saturated carbocycles. The molecule has 3 heterocycles. The zero-order chi connectivity index (χ0) is 32.6. The smallest absolute Gasteiger partial charge is 0.135 e. The van der Waals surface area contributed by atoms with Crippen LogP contribution >= 0.6 is 11.8 Å². The fourth-order valence-corrected chi connectivity index (χ4v) is 10.6. The molecule has 12 rings (SSSR count). The van der Waals surface area contributed by atoms with Crippen molar-refractivity contribution in [2.24, 2.45) is 0 Å². The van der Waals surface area contributed by atoms with Crippen LogP contribution in [0.3, 0.4) is 0 Å². The van der Waals surface area contributed by atoms with Crippen LogP contribution in [0, 0.1) is 0 Å². The van der Waals surface area contributed by atoms with Crippen molar-refractivity contribution in [1.82, 2.24) is 4.57 Å². The molecule has 0 amide bonds. The van der Waals surface area contributed by atoms with Crippen LogP contribution in [0.1, 0.15) is 22.3 Å². The molecule has 0 radical (unpaired) electrons. The average molecular weight is 654 g/mol. The van der Waals surface area contributed by atoms with Crippen LogP contribution in [0.4, 0.5) is 0 Å². The first-order valence-corrected chi connectivity index (χ1v) is 18.0. The van der Waals surface area contributed by atoms with Crippen LogP contribution in [0.5, 0.6) is 0 Å². The van der Waals surface area contributed by atoms with Crippen molar-refractivity contribution in [3.05, 3.63) is 186 Å². The Balaban J connectivity index is 1.26. The predicted molar refractivity (Wildman–Crippen MR) is 207 cm³/mol. The number of rotatable bonds is 1. The molecular weight excluding hydrogens is 627 g/mol. The van der Waals surface area contributed by atoms with Gasteiger partial charge in [-0.2, -0.15) is 0 Å². The van der Waals surface area contributed by atoms with Crippen molar-refractivity contribution >= 4 is 66.3 Å². The third-order valence-electron chi connectivity index (χ3n) is 11.3. The van der Waals surface area contributed by atoms with Crippen molar-refractivity contribution in [2.45, 2.75) is 15.2 Å². The minimum absolute atomic E-state index is 0.424. The summed E-state index contributed by atoms with van der Waals surface area (Å²) in [7, 11) is 0. The molecule has 50 heavy (non-hydrogen) atoms. The topological polar surface area (TPSA) is 18.1 Å². The largest absolute Gasteiger partial charge is 0.456 e. The van der Waals surface area contributed by atoms with E-state index in [1.807, 2.05) is 17.8 Å². The number of para-hydroxylation sites is 1. The summed E-state index contributed by atoms with van der Waals surface area (Å²) in [5, 5.41) is 7.41. The molecule has 0 bridgehead atoms. The third-order valence-corrected chi connectivity index (χ3v) is 12.5. The lowest BCUT2D eigenvalue weighted by Gasteiger charge is -2.40. The van der Waals surface area contributed by atoms with E-state index < -0.39 is 5.41 Å². The Morgan fingerprint density at radius 1 is 0.460 bits per heavy atom. The summed E-state index contributed by atoms with van der Waals surface area (Å²) < 4.78 is 8.74. The van der Waals surface area contributed by atoms with Crippen molar-refractivity contribution < 1.29 is 4.42 Å². The summed E-state index contributed by atoms with van der Waals surface area (Å²) in [6.07, 6.45) is 0. The molecule has 232 valence electrons. The van der Waals surface area contributed by atoms with Crippen molar-refractivity contribution in [2.75, 3.05) is 0 Å². The Hall–Kier alpha value is -6.03. The lowest BCUT2D eigenvalue weighted by Crippen LogP contribution is -2.32. The second-order valence-electron chi connectivity index (χ2n) is 13.6. The zero-order valence-electron chi connectivity index (χ0n) is 26.9. The van der Waals surface area contributed by atoms with Gasteiger partial charge in [-0.3, -0.25) is 0 Å². The van der Waals surface area contributed by atoms with Gasteiger partial charge >= 0.3 is 0 Å². The molecule has 2 aliphatic rings. The average Bonchev–Trinajstić information content (AvgIpc) is 3.82. The minimum Gasteiger partial charge on any atom is -0.456 e. The van der Waals surface area contributed by atoms with Gasteiger partial charge < -0.3 is 8.98 Å². The fraction of sp³-hybridized carbons (Fsp3) is 0.0213. The number of furan rings is 1. The van der Waals surface area contributed by atoms with E-state index >= 15 is 0 Å². The normalized spacial score (nSPS) is 14.1. The lowest BCUT2D eigenvalue weighted by atomic mass is 9.67. The van der Waals surface area contributed by atoms with E-state index in [1.54, 1.807) is 0 Å². The van der Waals surface area contributed by atoms with E-state index in [2.05, 4.69) is 162 Å². The van der Waals surface area contributed by atoms with Gasteiger partial charge in [0.05, 0.1) is 16.4 Å². The zero-order valence-corrected chi connectivity index (χ0v) is 27.7. The van der Waals surface area contributed by atoms with Gasteiger partial charge in [0.25, 0.3) is 0 Å². The maximum atomic E-state index is 6.26. The van der Waals surface area contributed by atoms with E-state index in [0.717, 1.165) is 27.6 Å². The van der Waals surface area contributed by atoms with Gasteiger partial charge in [-0.25, -0.2) is 0 Å².